The summed E-state index contributed by atoms with van der Waals surface area (Å²) in [5, 5.41) is 10.5. The number of benzene rings is 10. The number of aromatic nitrogens is 2. The Morgan fingerprint density at radius 3 is 1.30 bits per heavy atom. The first kappa shape index (κ1) is 36.8. The zero-order chi connectivity index (χ0) is 41.7. The summed E-state index contributed by atoms with van der Waals surface area (Å²) < 4.78 is 5.01. The third kappa shape index (κ3) is 5.85. The lowest BCUT2D eigenvalue weighted by Gasteiger charge is -2.35. The Labute approximate surface area is 368 Å². The highest BCUT2D eigenvalue weighted by molar-refractivity contribution is 7.20. The molecule has 0 aliphatic heterocycles. The van der Waals surface area contributed by atoms with Crippen LogP contribution in [0.25, 0.3) is 77.2 Å². The Morgan fingerprint density at radius 1 is 0.270 bits per heavy atom. The molecule has 12 aromatic rings. The molecule has 2 aromatic heterocycles. The maximum absolute atomic E-state index is 2.90. The molecule has 296 valence electrons. The van der Waals surface area contributed by atoms with Gasteiger partial charge in [-0.25, -0.2) is 0 Å². The summed E-state index contributed by atoms with van der Waals surface area (Å²) in [5.41, 5.74) is 11.8. The topological polar surface area (TPSA) is 9.86 Å². The third-order valence-corrected chi connectivity index (χ3v) is 17.9. The fraction of sp³-hybridized carbons (Fsp3) is 0. The SMILES string of the molecule is c1ccc(-c2cccc(-n3c4ccccc4c4c(-c5ccccc5)cc(-n5c6ccccc6c6c([Si](c7ccccc7)(c7ccccc7)c7ccccc7)cccc65)cc43)c2)cc1. The van der Waals surface area contributed by atoms with E-state index in [1.54, 1.807) is 0 Å². The zero-order valence-electron chi connectivity index (χ0n) is 34.6. The molecule has 63 heavy (non-hydrogen) atoms. The van der Waals surface area contributed by atoms with Gasteiger partial charge in [0.15, 0.2) is 8.07 Å². The van der Waals surface area contributed by atoms with Crippen LogP contribution in [-0.4, -0.2) is 17.2 Å². The molecular weight excluding hydrogens is 777 g/mol. The van der Waals surface area contributed by atoms with Gasteiger partial charge in [-0.3, -0.25) is 0 Å². The maximum Gasteiger partial charge on any atom is 0.180 e. The zero-order valence-corrected chi connectivity index (χ0v) is 35.6. The van der Waals surface area contributed by atoms with Crippen LogP contribution in [-0.2, 0) is 0 Å². The van der Waals surface area contributed by atoms with E-state index in [-0.39, 0.29) is 0 Å². The van der Waals surface area contributed by atoms with Crippen molar-refractivity contribution in [2.24, 2.45) is 0 Å². The average Bonchev–Trinajstić information content (AvgIpc) is 3.89. The van der Waals surface area contributed by atoms with Crippen LogP contribution in [0.2, 0.25) is 0 Å². The van der Waals surface area contributed by atoms with E-state index >= 15 is 0 Å². The maximum atomic E-state index is 2.53. The van der Waals surface area contributed by atoms with Crippen LogP contribution in [0, 0.1) is 0 Å². The van der Waals surface area contributed by atoms with Crippen LogP contribution < -0.4 is 20.7 Å². The Kier molecular flexibility index (Phi) is 8.87. The Balaban J connectivity index is 1.21. The molecule has 3 heteroatoms. The number of nitrogens with zero attached hydrogens (tertiary/aromatic N) is 2. The van der Waals surface area contributed by atoms with E-state index in [9.17, 15) is 0 Å². The van der Waals surface area contributed by atoms with Crippen LogP contribution in [0.1, 0.15) is 0 Å². The first-order valence-electron chi connectivity index (χ1n) is 21.8. The van der Waals surface area contributed by atoms with Crippen molar-refractivity contribution < 1.29 is 0 Å². The highest BCUT2D eigenvalue weighted by Crippen LogP contribution is 2.42. The van der Waals surface area contributed by atoms with E-state index in [0.29, 0.717) is 0 Å². The smallest absolute Gasteiger partial charge is 0.180 e. The molecule has 0 bridgehead atoms. The number of fused-ring (bicyclic) bond motifs is 6. The highest BCUT2D eigenvalue weighted by atomic mass is 28.3. The second-order valence-electron chi connectivity index (χ2n) is 16.4. The van der Waals surface area contributed by atoms with Gasteiger partial charge in [0.2, 0.25) is 0 Å². The summed E-state index contributed by atoms with van der Waals surface area (Å²) in [7, 11) is -2.90. The Morgan fingerprint density at radius 2 is 0.714 bits per heavy atom. The van der Waals surface area contributed by atoms with Gasteiger partial charge >= 0.3 is 0 Å². The van der Waals surface area contributed by atoms with E-state index in [1.165, 1.54) is 86.6 Å². The predicted molar refractivity (Wildman–Crippen MR) is 270 cm³/mol. The molecule has 12 rings (SSSR count). The number of para-hydroxylation sites is 2. The molecular formula is C60H42N2Si. The van der Waals surface area contributed by atoms with Gasteiger partial charge in [0.05, 0.1) is 22.1 Å². The summed E-state index contributed by atoms with van der Waals surface area (Å²) in [6.45, 7) is 0. The molecule has 0 saturated carbocycles. The summed E-state index contributed by atoms with van der Waals surface area (Å²) >= 11 is 0. The molecule has 2 heterocycles. The van der Waals surface area contributed by atoms with Crippen LogP contribution >= 0.6 is 0 Å². The first-order valence-corrected chi connectivity index (χ1v) is 23.8. The van der Waals surface area contributed by atoms with Gasteiger partial charge in [0, 0.05) is 32.9 Å². The van der Waals surface area contributed by atoms with Crippen LogP contribution in [0.4, 0.5) is 0 Å². The standard InChI is InChI=1S/C60H42N2Si/c1-6-22-43(23-7-1)45-26-20-27-46(40-45)61-54-36-18-16-34-51(54)59-53(44-24-8-2-9-25-44)41-47(42-57(59)61)62-55-37-19-17-35-52(55)60-56(62)38-21-39-58(60)63(48-28-10-3-11-29-48,49-30-12-4-13-31-49)50-32-14-5-15-33-50/h1-42H. The monoisotopic (exact) mass is 818 g/mol. The molecule has 0 amide bonds. The van der Waals surface area contributed by atoms with Crippen molar-refractivity contribution in [1.29, 1.82) is 0 Å². The quantitative estimate of drug-likeness (QED) is 0.107. The molecule has 10 aromatic carbocycles. The van der Waals surface area contributed by atoms with Crippen molar-refractivity contribution in [2.45, 2.75) is 0 Å². The molecule has 0 spiro atoms. The van der Waals surface area contributed by atoms with Crippen molar-refractivity contribution in [3.05, 3.63) is 255 Å². The molecule has 0 aliphatic carbocycles. The van der Waals surface area contributed by atoms with E-state index in [0.717, 1.165) is 11.4 Å². The minimum Gasteiger partial charge on any atom is -0.309 e. The molecule has 0 N–H and O–H groups in total. The van der Waals surface area contributed by atoms with Gasteiger partial charge < -0.3 is 9.13 Å². The largest absolute Gasteiger partial charge is 0.309 e. The molecule has 0 saturated heterocycles. The normalized spacial score (nSPS) is 11.8. The van der Waals surface area contributed by atoms with Crippen molar-refractivity contribution in [3.63, 3.8) is 0 Å². The fourth-order valence-electron chi connectivity index (χ4n) is 10.4. The van der Waals surface area contributed by atoms with Crippen molar-refractivity contribution in [1.82, 2.24) is 9.13 Å². The van der Waals surface area contributed by atoms with Crippen LogP contribution in [0.15, 0.2) is 255 Å². The predicted octanol–water partition coefficient (Wildman–Crippen LogP) is 12.6. The third-order valence-electron chi connectivity index (χ3n) is 13.0. The lowest BCUT2D eigenvalue weighted by Crippen LogP contribution is -2.74. The summed E-state index contributed by atoms with van der Waals surface area (Å²) in [6.07, 6.45) is 0. The van der Waals surface area contributed by atoms with Gasteiger partial charge in [0.25, 0.3) is 0 Å². The lowest BCUT2D eigenvalue weighted by atomic mass is 9.98. The molecule has 0 unspecified atom stereocenters. The summed E-state index contributed by atoms with van der Waals surface area (Å²) in [6, 6.07) is 94.3. The van der Waals surface area contributed by atoms with Gasteiger partial charge in [-0.15, -0.1) is 0 Å². The summed E-state index contributed by atoms with van der Waals surface area (Å²) in [4.78, 5) is 0. The van der Waals surface area contributed by atoms with Gasteiger partial charge in [-0.2, -0.15) is 0 Å². The van der Waals surface area contributed by atoms with Crippen molar-refractivity contribution in [2.75, 3.05) is 0 Å². The van der Waals surface area contributed by atoms with Crippen LogP contribution in [0.3, 0.4) is 0 Å². The minimum absolute atomic E-state index is 1.12. The van der Waals surface area contributed by atoms with E-state index < -0.39 is 8.07 Å². The van der Waals surface area contributed by atoms with E-state index in [4.69, 9.17) is 0 Å². The van der Waals surface area contributed by atoms with Crippen molar-refractivity contribution >= 4 is 72.4 Å². The lowest BCUT2D eigenvalue weighted by molar-refractivity contribution is 1.16. The van der Waals surface area contributed by atoms with Gasteiger partial charge in [-0.05, 0) is 85.5 Å². The van der Waals surface area contributed by atoms with Crippen molar-refractivity contribution in [3.8, 4) is 33.6 Å². The highest BCUT2D eigenvalue weighted by Gasteiger charge is 2.43. The minimum atomic E-state index is -2.90. The Bertz CT molecular complexity index is 3500. The molecule has 0 radical (unpaired) electrons. The van der Waals surface area contributed by atoms with Crippen LogP contribution in [0.5, 0.6) is 0 Å². The molecule has 0 atom stereocenters. The number of hydrogen-bond acceptors (Lipinski definition) is 0. The first-order chi connectivity index (χ1) is 31.3. The molecule has 2 nitrogen and oxygen atoms in total. The van der Waals surface area contributed by atoms with E-state index in [2.05, 4.69) is 264 Å². The Hall–Kier alpha value is -7.98. The number of hydrogen-bond donors (Lipinski definition) is 0. The van der Waals surface area contributed by atoms with Gasteiger partial charge in [0.1, 0.15) is 0 Å². The average molecular weight is 819 g/mol. The second-order valence-corrected chi connectivity index (χ2v) is 20.2. The molecule has 0 fully saturated rings. The van der Waals surface area contributed by atoms with Gasteiger partial charge in [-0.1, -0.05) is 212 Å². The molecule has 0 aliphatic rings. The summed E-state index contributed by atoms with van der Waals surface area (Å²) in [5.74, 6) is 0. The van der Waals surface area contributed by atoms with E-state index in [1.807, 2.05) is 0 Å². The number of rotatable bonds is 8. The fourth-order valence-corrected chi connectivity index (χ4v) is 15.4. The second kappa shape index (κ2) is 15.2.